The standard InChI is InChI=1S/C22H23ClSi/c1-16-12-9-15-22(19(16)4)24(23,20-13-7-5-10-17(20)2)21-14-8-6-11-18(21)3/h5-15H,1-4H3. The maximum atomic E-state index is 7.64. The van der Waals surface area contributed by atoms with E-state index in [1.54, 1.807) is 0 Å². The first kappa shape index (κ1) is 17.0. The molecule has 122 valence electrons. The number of hydrogen-bond donors (Lipinski definition) is 0. The molecule has 0 nitrogen and oxygen atoms in total. The summed E-state index contributed by atoms with van der Waals surface area (Å²) in [6.07, 6.45) is 0. The van der Waals surface area contributed by atoms with Crippen LogP contribution in [0.2, 0.25) is 0 Å². The van der Waals surface area contributed by atoms with Gasteiger partial charge >= 0.3 is 0 Å². The molecule has 0 spiro atoms. The lowest BCUT2D eigenvalue weighted by atomic mass is 10.1. The van der Waals surface area contributed by atoms with Crippen molar-refractivity contribution in [3.63, 3.8) is 0 Å². The Morgan fingerprint density at radius 2 is 0.958 bits per heavy atom. The van der Waals surface area contributed by atoms with Crippen molar-refractivity contribution in [1.29, 1.82) is 0 Å². The van der Waals surface area contributed by atoms with Gasteiger partial charge in [-0.3, -0.25) is 0 Å². The highest BCUT2D eigenvalue weighted by Crippen LogP contribution is 2.19. The van der Waals surface area contributed by atoms with Crippen LogP contribution < -0.4 is 15.6 Å². The third-order valence-corrected chi connectivity index (χ3v) is 10.7. The van der Waals surface area contributed by atoms with E-state index in [-0.39, 0.29) is 0 Å². The van der Waals surface area contributed by atoms with Crippen molar-refractivity contribution in [2.75, 3.05) is 0 Å². The van der Waals surface area contributed by atoms with Crippen molar-refractivity contribution < 1.29 is 0 Å². The van der Waals surface area contributed by atoms with E-state index >= 15 is 0 Å². The molecule has 0 amide bonds. The summed E-state index contributed by atoms with van der Waals surface area (Å²) in [5.74, 6) is 0. The summed E-state index contributed by atoms with van der Waals surface area (Å²) >= 11 is 7.64. The maximum absolute atomic E-state index is 7.64. The van der Waals surface area contributed by atoms with E-state index < -0.39 is 7.38 Å². The quantitative estimate of drug-likeness (QED) is 0.378. The second-order valence-corrected chi connectivity index (χ2v) is 11.2. The molecule has 0 unspecified atom stereocenters. The lowest BCUT2D eigenvalue weighted by Gasteiger charge is -2.31. The minimum absolute atomic E-state index is 1.27. The van der Waals surface area contributed by atoms with Crippen molar-refractivity contribution in [2.45, 2.75) is 27.7 Å². The molecule has 0 aliphatic carbocycles. The van der Waals surface area contributed by atoms with E-state index in [9.17, 15) is 0 Å². The minimum atomic E-state index is -2.57. The highest BCUT2D eigenvalue weighted by atomic mass is 35.6. The summed E-state index contributed by atoms with van der Waals surface area (Å²) in [5, 5.41) is 3.87. The molecule has 0 aliphatic rings. The predicted octanol–water partition coefficient (Wildman–Crippen LogP) is 4.13. The average Bonchev–Trinajstić information content (AvgIpc) is 2.57. The Labute approximate surface area is 150 Å². The van der Waals surface area contributed by atoms with Crippen molar-refractivity contribution in [3.05, 3.63) is 89.0 Å². The second-order valence-electron chi connectivity index (χ2n) is 6.54. The van der Waals surface area contributed by atoms with Gasteiger partial charge < -0.3 is 0 Å². The van der Waals surface area contributed by atoms with E-state index in [0.717, 1.165) is 0 Å². The number of rotatable bonds is 3. The molecule has 0 saturated heterocycles. The van der Waals surface area contributed by atoms with Crippen LogP contribution in [0, 0.1) is 27.7 Å². The fourth-order valence-corrected chi connectivity index (χ4v) is 9.18. The normalized spacial score (nSPS) is 11.5. The number of aryl methyl sites for hydroxylation is 3. The summed E-state index contributed by atoms with van der Waals surface area (Å²) in [4.78, 5) is 0. The lowest BCUT2D eigenvalue weighted by Crippen LogP contribution is -2.65. The highest BCUT2D eigenvalue weighted by molar-refractivity contribution is 7.40. The monoisotopic (exact) mass is 350 g/mol. The van der Waals surface area contributed by atoms with Gasteiger partial charge in [0.15, 0.2) is 0 Å². The molecule has 0 aromatic heterocycles. The van der Waals surface area contributed by atoms with Gasteiger partial charge in [-0.1, -0.05) is 66.7 Å². The fourth-order valence-electron chi connectivity index (χ4n) is 3.48. The Kier molecular flexibility index (Phi) is 4.66. The van der Waals surface area contributed by atoms with Gasteiger partial charge in [-0.05, 0) is 65.5 Å². The molecule has 2 heteroatoms. The first-order valence-corrected chi connectivity index (χ1v) is 11.3. The van der Waals surface area contributed by atoms with Crippen LogP contribution in [-0.2, 0) is 0 Å². The van der Waals surface area contributed by atoms with Crippen molar-refractivity contribution in [1.82, 2.24) is 0 Å². The molecule has 3 aromatic rings. The van der Waals surface area contributed by atoms with Crippen LogP contribution in [0.4, 0.5) is 0 Å². The Morgan fingerprint density at radius 1 is 0.542 bits per heavy atom. The Bertz CT molecular complexity index is 837. The molecule has 0 atom stereocenters. The topological polar surface area (TPSA) is 0 Å². The first-order chi connectivity index (χ1) is 11.5. The zero-order chi connectivity index (χ0) is 17.3. The predicted molar refractivity (Wildman–Crippen MR) is 109 cm³/mol. The van der Waals surface area contributed by atoms with Gasteiger partial charge in [-0.15, -0.1) is 11.1 Å². The Hall–Kier alpha value is -1.83. The van der Waals surface area contributed by atoms with Gasteiger partial charge in [0.05, 0.1) is 0 Å². The molecular formula is C22H23ClSi. The van der Waals surface area contributed by atoms with E-state index in [2.05, 4.69) is 94.4 Å². The zero-order valence-corrected chi connectivity index (χ0v) is 16.5. The van der Waals surface area contributed by atoms with Crippen LogP contribution in [-0.4, -0.2) is 7.38 Å². The van der Waals surface area contributed by atoms with Crippen LogP contribution in [0.25, 0.3) is 0 Å². The van der Waals surface area contributed by atoms with Crippen molar-refractivity contribution in [3.8, 4) is 0 Å². The molecule has 3 aromatic carbocycles. The third kappa shape index (κ3) is 2.72. The van der Waals surface area contributed by atoms with Crippen LogP contribution in [0.15, 0.2) is 66.7 Å². The van der Waals surface area contributed by atoms with Crippen LogP contribution in [0.1, 0.15) is 22.3 Å². The van der Waals surface area contributed by atoms with E-state index in [4.69, 9.17) is 11.1 Å². The number of benzene rings is 3. The molecule has 0 aliphatic heterocycles. The van der Waals surface area contributed by atoms with Gasteiger partial charge in [0.2, 0.25) is 7.38 Å². The average molecular weight is 351 g/mol. The summed E-state index contributed by atoms with van der Waals surface area (Å²) in [5.41, 5.74) is 5.14. The smallest absolute Gasteiger partial charge is 0.149 e. The van der Waals surface area contributed by atoms with Crippen molar-refractivity contribution >= 4 is 34.0 Å². The summed E-state index contributed by atoms with van der Waals surface area (Å²) in [6.45, 7) is 8.71. The fraction of sp³-hybridized carbons (Fsp3) is 0.182. The van der Waals surface area contributed by atoms with Gasteiger partial charge in [0.25, 0.3) is 0 Å². The van der Waals surface area contributed by atoms with E-state index in [1.807, 2.05) is 0 Å². The van der Waals surface area contributed by atoms with Gasteiger partial charge in [0, 0.05) is 0 Å². The van der Waals surface area contributed by atoms with Crippen molar-refractivity contribution in [2.24, 2.45) is 0 Å². The Morgan fingerprint density at radius 3 is 1.46 bits per heavy atom. The van der Waals surface area contributed by atoms with Crippen LogP contribution in [0.3, 0.4) is 0 Å². The summed E-state index contributed by atoms with van der Waals surface area (Å²) < 4.78 is 0. The SMILES string of the molecule is Cc1ccccc1[Si](Cl)(c1ccccc1C)c1cccc(C)c1C. The Balaban J connectivity index is 2.41. The van der Waals surface area contributed by atoms with Gasteiger partial charge in [0.1, 0.15) is 0 Å². The van der Waals surface area contributed by atoms with Gasteiger partial charge in [-0.25, -0.2) is 0 Å². The summed E-state index contributed by atoms with van der Waals surface area (Å²) in [6, 6.07) is 23.7. The highest BCUT2D eigenvalue weighted by Gasteiger charge is 2.41. The molecule has 0 bridgehead atoms. The number of hydrogen-bond acceptors (Lipinski definition) is 0. The maximum Gasteiger partial charge on any atom is 0.248 e. The lowest BCUT2D eigenvalue weighted by molar-refractivity contribution is 1.36. The molecular weight excluding hydrogens is 328 g/mol. The van der Waals surface area contributed by atoms with Crippen LogP contribution >= 0.6 is 11.1 Å². The van der Waals surface area contributed by atoms with E-state index in [1.165, 1.54) is 37.8 Å². The second kappa shape index (κ2) is 6.58. The molecule has 0 fully saturated rings. The summed E-state index contributed by atoms with van der Waals surface area (Å²) in [7, 11) is -2.57. The minimum Gasteiger partial charge on any atom is -0.149 e. The molecule has 0 saturated carbocycles. The van der Waals surface area contributed by atoms with Crippen LogP contribution in [0.5, 0.6) is 0 Å². The van der Waals surface area contributed by atoms with Gasteiger partial charge in [-0.2, -0.15) is 0 Å². The first-order valence-electron chi connectivity index (χ1n) is 8.34. The zero-order valence-electron chi connectivity index (χ0n) is 14.7. The molecule has 24 heavy (non-hydrogen) atoms. The molecule has 0 N–H and O–H groups in total. The molecule has 3 rings (SSSR count). The number of halogens is 1. The molecule has 0 heterocycles. The molecule has 0 radical (unpaired) electrons. The third-order valence-electron chi connectivity index (χ3n) is 5.01. The largest absolute Gasteiger partial charge is 0.248 e. The van der Waals surface area contributed by atoms with E-state index in [0.29, 0.717) is 0 Å².